The van der Waals surface area contributed by atoms with Crippen molar-refractivity contribution in [3.63, 3.8) is 0 Å². The van der Waals surface area contributed by atoms with Gasteiger partial charge in [0.25, 0.3) is 0 Å². The summed E-state index contributed by atoms with van der Waals surface area (Å²) in [4.78, 5) is 19.7. The van der Waals surface area contributed by atoms with Crippen molar-refractivity contribution < 1.29 is 27.1 Å². The Bertz CT molecular complexity index is 1580. The number of benzene rings is 2. The van der Waals surface area contributed by atoms with E-state index >= 15 is 0 Å². The predicted octanol–water partition coefficient (Wildman–Crippen LogP) is 4.12. The van der Waals surface area contributed by atoms with Gasteiger partial charge in [-0.3, -0.25) is 4.79 Å². The lowest BCUT2D eigenvalue weighted by atomic mass is 10.1. The van der Waals surface area contributed by atoms with E-state index in [2.05, 4.69) is 15.3 Å². The van der Waals surface area contributed by atoms with E-state index in [-0.39, 0.29) is 10.8 Å². The molecule has 0 spiro atoms. The van der Waals surface area contributed by atoms with Crippen molar-refractivity contribution in [3.8, 4) is 22.6 Å². The number of ether oxygens (including phenoxy) is 2. The molecule has 4 aromatic rings. The van der Waals surface area contributed by atoms with Crippen LogP contribution in [0.1, 0.15) is 11.1 Å². The fourth-order valence-corrected chi connectivity index (χ4v) is 4.33. The van der Waals surface area contributed by atoms with Crippen LogP contribution in [0.2, 0.25) is 0 Å². The molecule has 2 heterocycles. The van der Waals surface area contributed by atoms with Gasteiger partial charge in [0.1, 0.15) is 11.5 Å². The molecule has 2 aromatic carbocycles. The molecule has 0 unspecified atom stereocenters. The van der Waals surface area contributed by atoms with Gasteiger partial charge in [-0.25, -0.2) is 17.8 Å². The minimum absolute atomic E-state index is 0.113. The SMILES string of the molecule is COc1ccc(CNC(=O)/C=C/c2c[nH]c3ncc(-c4cc(F)cc(S(C)(=O)=O)c4)cc23)cc1OC. The van der Waals surface area contributed by atoms with Crippen molar-refractivity contribution in [2.75, 3.05) is 20.5 Å². The van der Waals surface area contributed by atoms with Crippen LogP contribution in [0.3, 0.4) is 0 Å². The molecule has 0 aliphatic carbocycles. The number of carbonyl (C=O) groups excluding carboxylic acids is 1. The number of methoxy groups -OCH3 is 2. The second-order valence-electron chi connectivity index (χ2n) is 8.05. The van der Waals surface area contributed by atoms with Crippen molar-refractivity contribution in [2.24, 2.45) is 0 Å². The maximum atomic E-state index is 14.1. The number of nitrogens with one attached hydrogen (secondary N) is 2. The van der Waals surface area contributed by atoms with E-state index in [0.717, 1.165) is 17.9 Å². The van der Waals surface area contributed by atoms with Gasteiger partial charge in [0.05, 0.1) is 19.1 Å². The van der Waals surface area contributed by atoms with Gasteiger partial charge in [-0.05, 0) is 53.6 Å². The van der Waals surface area contributed by atoms with Crippen LogP contribution in [-0.2, 0) is 21.2 Å². The van der Waals surface area contributed by atoms with Crippen LogP contribution in [0.25, 0.3) is 28.2 Å². The maximum absolute atomic E-state index is 14.1. The molecule has 0 saturated heterocycles. The highest BCUT2D eigenvalue weighted by Crippen LogP contribution is 2.29. The molecule has 0 bridgehead atoms. The zero-order valence-electron chi connectivity index (χ0n) is 19.8. The number of fused-ring (bicyclic) bond motifs is 1. The summed E-state index contributed by atoms with van der Waals surface area (Å²) in [6, 6.07) is 10.8. The van der Waals surface area contributed by atoms with Gasteiger partial charge in [0.2, 0.25) is 5.91 Å². The average Bonchev–Trinajstić information content (AvgIpc) is 3.27. The lowest BCUT2D eigenvalue weighted by Crippen LogP contribution is -2.20. The largest absolute Gasteiger partial charge is 0.493 e. The predicted molar refractivity (Wildman–Crippen MR) is 135 cm³/mol. The summed E-state index contributed by atoms with van der Waals surface area (Å²) in [7, 11) is -0.484. The molecule has 10 heteroatoms. The molecule has 0 radical (unpaired) electrons. The van der Waals surface area contributed by atoms with Gasteiger partial charge >= 0.3 is 0 Å². The van der Waals surface area contributed by atoms with Gasteiger partial charge in [0, 0.05) is 47.8 Å². The van der Waals surface area contributed by atoms with Crippen molar-refractivity contribution in [1.82, 2.24) is 15.3 Å². The molecule has 4 rings (SSSR count). The van der Waals surface area contributed by atoms with Crippen molar-refractivity contribution in [2.45, 2.75) is 11.4 Å². The number of pyridine rings is 1. The van der Waals surface area contributed by atoms with Crippen LogP contribution >= 0.6 is 0 Å². The highest BCUT2D eigenvalue weighted by Gasteiger charge is 2.13. The summed E-state index contributed by atoms with van der Waals surface area (Å²) in [6.45, 7) is 0.297. The van der Waals surface area contributed by atoms with E-state index in [1.807, 2.05) is 6.07 Å². The molecule has 0 atom stereocenters. The van der Waals surface area contributed by atoms with Crippen molar-refractivity contribution in [1.29, 1.82) is 0 Å². The fourth-order valence-electron chi connectivity index (χ4n) is 3.67. The van der Waals surface area contributed by atoms with Crippen LogP contribution in [0.5, 0.6) is 11.5 Å². The number of hydrogen-bond donors (Lipinski definition) is 2. The number of sulfone groups is 1. The molecule has 0 saturated carbocycles. The topological polar surface area (TPSA) is 110 Å². The minimum Gasteiger partial charge on any atom is -0.493 e. The molecule has 0 fully saturated rings. The number of hydrogen-bond acceptors (Lipinski definition) is 6. The number of aromatic nitrogens is 2. The first-order valence-electron chi connectivity index (χ1n) is 10.8. The maximum Gasteiger partial charge on any atom is 0.244 e. The highest BCUT2D eigenvalue weighted by atomic mass is 32.2. The van der Waals surface area contributed by atoms with Gasteiger partial charge < -0.3 is 19.8 Å². The van der Waals surface area contributed by atoms with Gasteiger partial charge in [-0.1, -0.05) is 6.07 Å². The van der Waals surface area contributed by atoms with Gasteiger partial charge in [-0.15, -0.1) is 0 Å². The third-order valence-corrected chi connectivity index (χ3v) is 6.62. The van der Waals surface area contributed by atoms with E-state index < -0.39 is 15.7 Å². The lowest BCUT2D eigenvalue weighted by molar-refractivity contribution is -0.116. The minimum atomic E-state index is -3.58. The van der Waals surface area contributed by atoms with E-state index in [1.165, 1.54) is 24.4 Å². The Morgan fingerprint density at radius 2 is 1.86 bits per heavy atom. The zero-order chi connectivity index (χ0) is 25.9. The van der Waals surface area contributed by atoms with Gasteiger partial charge in [0.15, 0.2) is 21.3 Å². The summed E-state index contributed by atoms with van der Waals surface area (Å²) < 4.78 is 48.4. The summed E-state index contributed by atoms with van der Waals surface area (Å²) >= 11 is 0. The number of H-pyrrole nitrogens is 1. The van der Waals surface area contributed by atoms with Crippen LogP contribution in [0, 0.1) is 5.82 Å². The molecule has 2 aromatic heterocycles. The summed E-state index contributed by atoms with van der Waals surface area (Å²) in [5.74, 6) is 0.217. The van der Waals surface area contributed by atoms with Gasteiger partial charge in [-0.2, -0.15) is 0 Å². The van der Waals surface area contributed by atoms with Crippen LogP contribution in [0.4, 0.5) is 4.39 Å². The number of halogens is 1. The smallest absolute Gasteiger partial charge is 0.244 e. The normalized spacial score (nSPS) is 11.7. The Labute approximate surface area is 207 Å². The first-order valence-corrected chi connectivity index (χ1v) is 12.7. The fraction of sp³-hybridized carbons (Fsp3) is 0.154. The average molecular weight is 510 g/mol. The zero-order valence-corrected chi connectivity index (χ0v) is 20.6. The first kappa shape index (κ1) is 24.9. The number of amides is 1. The molecule has 8 nitrogen and oxygen atoms in total. The molecule has 1 amide bonds. The van der Waals surface area contributed by atoms with E-state index in [9.17, 15) is 17.6 Å². The number of nitrogens with zero attached hydrogens (tertiary/aromatic N) is 1. The molecule has 36 heavy (non-hydrogen) atoms. The third-order valence-electron chi connectivity index (χ3n) is 5.52. The third kappa shape index (κ3) is 5.55. The van der Waals surface area contributed by atoms with Crippen LogP contribution in [0.15, 0.2) is 65.8 Å². The quantitative estimate of drug-likeness (QED) is 0.346. The monoisotopic (exact) mass is 509 g/mol. The Kier molecular flexibility index (Phi) is 7.07. The number of rotatable bonds is 8. The van der Waals surface area contributed by atoms with E-state index in [1.54, 1.807) is 44.7 Å². The number of aromatic amines is 1. The Morgan fingerprint density at radius 3 is 2.58 bits per heavy atom. The molecular weight excluding hydrogens is 485 g/mol. The second-order valence-corrected chi connectivity index (χ2v) is 10.1. The molecule has 2 N–H and O–H groups in total. The van der Waals surface area contributed by atoms with E-state index in [4.69, 9.17) is 9.47 Å². The van der Waals surface area contributed by atoms with Crippen molar-refractivity contribution in [3.05, 3.63) is 77.9 Å². The molecule has 0 aliphatic rings. The van der Waals surface area contributed by atoms with E-state index in [0.29, 0.717) is 45.8 Å². The Morgan fingerprint density at radius 1 is 1.08 bits per heavy atom. The second kappa shape index (κ2) is 10.2. The molecule has 0 aliphatic heterocycles. The highest BCUT2D eigenvalue weighted by molar-refractivity contribution is 7.90. The van der Waals surface area contributed by atoms with Crippen molar-refractivity contribution >= 4 is 32.9 Å². The lowest BCUT2D eigenvalue weighted by Gasteiger charge is -2.09. The Balaban J connectivity index is 1.53. The standard InChI is InChI=1S/C26H24FN3O5S/c1-34-23-6-4-16(8-24(23)35-2)13-28-25(31)7-5-17-14-29-26-22(17)11-19(15-30-26)18-9-20(27)12-21(10-18)36(3,32)33/h4-12,14-15H,13H2,1-3H3,(H,28,31)(H,29,30)/b7-5+. The van der Waals surface area contributed by atoms with Crippen LogP contribution < -0.4 is 14.8 Å². The first-order chi connectivity index (χ1) is 17.2. The summed E-state index contributed by atoms with van der Waals surface area (Å²) in [5.41, 5.74) is 3.04. The Hall–Kier alpha value is -4.18. The number of carbonyl (C=O) groups is 1. The van der Waals surface area contributed by atoms with Crippen LogP contribution in [-0.4, -0.2) is 44.8 Å². The molecule has 186 valence electrons. The summed E-state index contributed by atoms with van der Waals surface area (Å²) in [6.07, 6.45) is 7.30. The summed E-state index contributed by atoms with van der Waals surface area (Å²) in [5, 5.41) is 3.51. The molecular formula is C26H24FN3O5S.